The van der Waals surface area contributed by atoms with Crippen LogP contribution in [0.25, 0.3) is 11.1 Å². The Hall–Kier alpha value is -3.30. The van der Waals surface area contributed by atoms with E-state index in [1.807, 2.05) is 48.5 Å². The SMILES string of the molecule is O=C(O)CN1C(=O)[C@@H](NC(=O)OCC2c3ccccc3-c3ccccc32)CSc2ccc(Br)cc21. The molecule has 5 rings (SSSR count). The number of fused-ring (bicyclic) bond motifs is 4. The lowest BCUT2D eigenvalue weighted by atomic mass is 9.98. The number of amides is 2. The highest BCUT2D eigenvalue weighted by Gasteiger charge is 2.34. The summed E-state index contributed by atoms with van der Waals surface area (Å²) in [5.74, 6) is -1.48. The van der Waals surface area contributed by atoms with Crippen LogP contribution in [-0.2, 0) is 14.3 Å². The minimum Gasteiger partial charge on any atom is -0.480 e. The first-order valence-corrected chi connectivity index (χ1v) is 12.8. The van der Waals surface area contributed by atoms with Crippen LogP contribution in [0.4, 0.5) is 10.5 Å². The minimum atomic E-state index is -1.14. The molecule has 0 spiro atoms. The highest BCUT2D eigenvalue weighted by Crippen LogP contribution is 2.44. The van der Waals surface area contributed by atoms with E-state index in [2.05, 4.69) is 33.4 Å². The molecule has 9 heteroatoms. The molecule has 3 aromatic carbocycles. The number of hydrogen-bond acceptors (Lipinski definition) is 5. The Labute approximate surface area is 214 Å². The Balaban J connectivity index is 1.31. The molecule has 0 saturated heterocycles. The average molecular weight is 553 g/mol. The second-order valence-electron chi connectivity index (χ2n) is 8.26. The first-order valence-electron chi connectivity index (χ1n) is 11.0. The van der Waals surface area contributed by atoms with E-state index in [9.17, 15) is 19.5 Å². The molecule has 2 amide bonds. The number of rotatable bonds is 5. The average Bonchev–Trinajstić information content (AvgIpc) is 3.11. The lowest BCUT2D eigenvalue weighted by Crippen LogP contribution is -2.50. The van der Waals surface area contributed by atoms with E-state index in [0.29, 0.717) is 5.69 Å². The van der Waals surface area contributed by atoms with Crippen LogP contribution in [0.5, 0.6) is 0 Å². The van der Waals surface area contributed by atoms with Gasteiger partial charge in [-0.15, -0.1) is 11.8 Å². The molecular weight excluding hydrogens is 532 g/mol. The maximum Gasteiger partial charge on any atom is 0.407 e. The second kappa shape index (κ2) is 9.75. The normalized spacial score (nSPS) is 16.7. The standard InChI is InChI=1S/C26H21BrN2O5S/c27-15-9-10-23-22(11-15)29(12-24(30)31)25(32)21(14-35-23)28-26(33)34-13-20-18-7-3-1-5-16(18)17-6-2-4-8-19(17)20/h1-11,20-21H,12-14H2,(H,28,33)(H,30,31)/t21-/m0/s1. The number of alkyl carbamates (subject to hydrolysis) is 1. The van der Waals surface area contributed by atoms with E-state index in [4.69, 9.17) is 4.74 Å². The van der Waals surface area contributed by atoms with Crippen molar-refractivity contribution in [3.8, 4) is 11.1 Å². The van der Waals surface area contributed by atoms with Crippen LogP contribution in [0.2, 0.25) is 0 Å². The van der Waals surface area contributed by atoms with Crippen LogP contribution in [-0.4, -0.2) is 48.0 Å². The number of nitrogens with one attached hydrogen (secondary N) is 1. The lowest BCUT2D eigenvalue weighted by Gasteiger charge is -2.24. The van der Waals surface area contributed by atoms with Gasteiger partial charge in [0.1, 0.15) is 19.2 Å². The van der Waals surface area contributed by atoms with Gasteiger partial charge >= 0.3 is 12.1 Å². The van der Waals surface area contributed by atoms with Crippen LogP contribution in [0.1, 0.15) is 17.0 Å². The number of aliphatic carboxylic acids is 1. The summed E-state index contributed by atoms with van der Waals surface area (Å²) in [4.78, 5) is 39.4. The number of nitrogens with zero attached hydrogens (tertiary/aromatic N) is 1. The largest absolute Gasteiger partial charge is 0.480 e. The number of carboxylic acids is 1. The predicted octanol–water partition coefficient (Wildman–Crippen LogP) is 4.88. The third kappa shape index (κ3) is 4.66. The molecule has 0 radical (unpaired) electrons. The van der Waals surface area contributed by atoms with Crippen LogP contribution in [0.3, 0.4) is 0 Å². The first-order chi connectivity index (χ1) is 16.9. The maximum absolute atomic E-state index is 13.2. The van der Waals surface area contributed by atoms with E-state index < -0.39 is 30.6 Å². The number of carbonyl (C=O) groups excluding carboxylic acids is 2. The smallest absolute Gasteiger partial charge is 0.407 e. The van der Waals surface area contributed by atoms with Gasteiger partial charge in [-0.25, -0.2) is 4.79 Å². The van der Waals surface area contributed by atoms with E-state index in [1.54, 1.807) is 6.07 Å². The van der Waals surface area contributed by atoms with E-state index >= 15 is 0 Å². The third-order valence-electron chi connectivity index (χ3n) is 6.11. The lowest BCUT2D eigenvalue weighted by molar-refractivity contribution is -0.136. The fourth-order valence-electron chi connectivity index (χ4n) is 4.56. The summed E-state index contributed by atoms with van der Waals surface area (Å²) in [6.07, 6.45) is -0.715. The Morgan fingerprint density at radius 1 is 1.06 bits per heavy atom. The number of thioether (sulfide) groups is 1. The van der Waals surface area contributed by atoms with Crippen molar-refractivity contribution in [2.75, 3.05) is 23.8 Å². The Morgan fingerprint density at radius 2 is 1.71 bits per heavy atom. The maximum atomic E-state index is 13.2. The molecule has 0 aromatic heterocycles. The monoisotopic (exact) mass is 552 g/mol. The number of carboxylic acid groups (broad SMARTS) is 1. The van der Waals surface area contributed by atoms with Gasteiger partial charge in [0.2, 0.25) is 0 Å². The Kier molecular flexibility index (Phi) is 6.53. The van der Waals surface area contributed by atoms with Crippen LogP contribution in [0, 0.1) is 0 Å². The van der Waals surface area contributed by atoms with Crippen molar-refractivity contribution >= 4 is 51.3 Å². The predicted molar refractivity (Wildman–Crippen MR) is 137 cm³/mol. The molecular formula is C26H21BrN2O5S. The molecule has 35 heavy (non-hydrogen) atoms. The summed E-state index contributed by atoms with van der Waals surface area (Å²) in [6, 6.07) is 20.5. The van der Waals surface area contributed by atoms with Crippen molar-refractivity contribution < 1.29 is 24.2 Å². The molecule has 0 fully saturated rings. The van der Waals surface area contributed by atoms with Crippen molar-refractivity contribution in [2.45, 2.75) is 16.9 Å². The molecule has 1 heterocycles. The molecule has 1 atom stereocenters. The van der Waals surface area contributed by atoms with Gasteiger partial charge in [0.05, 0.1) is 5.69 Å². The summed E-state index contributed by atoms with van der Waals surface area (Å²) < 4.78 is 6.32. The third-order valence-corrected chi connectivity index (χ3v) is 7.76. The van der Waals surface area contributed by atoms with Gasteiger partial charge in [-0.2, -0.15) is 0 Å². The fourth-order valence-corrected chi connectivity index (χ4v) is 5.96. The van der Waals surface area contributed by atoms with Gasteiger partial charge in [0, 0.05) is 21.0 Å². The highest BCUT2D eigenvalue weighted by molar-refractivity contribution is 9.10. The van der Waals surface area contributed by atoms with Crippen LogP contribution >= 0.6 is 27.7 Å². The molecule has 2 N–H and O–H groups in total. The van der Waals surface area contributed by atoms with Gasteiger partial charge in [-0.3, -0.25) is 14.5 Å². The summed E-state index contributed by atoms with van der Waals surface area (Å²) in [5, 5.41) is 12.0. The van der Waals surface area contributed by atoms with Crippen LogP contribution in [0.15, 0.2) is 76.1 Å². The summed E-state index contributed by atoms with van der Waals surface area (Å²) >= 11 is 4.76. The summed E-state index contributed by atoms with van der Waals surface area (Å²) in [5.41, 5.74) is 4.93. The van der Waals surface area contributed by atoms with Gasteiger partial charge in [0.15, 0.2) is 0 Å². The number of carbonyl (C=O) groups is 3. The van der Waals surface area contributed by atoms with Gasteiger partial charge < -0.3 is 15.2 Å². The summed E-state index contributed by atoms with van der Waals surface area (Å²) in [6.45, 7) is -0.383. The Morgan fingerprint density at radius 3 is 2.37 bits per heavy atom. The van der Waals surface area contributed by atoms with Crippen molar-refractivity contribution in [1.29, 1.82) is 0 Å². The second-order valence-corrected chi connectivity index (χ2v) is 10.2. The highest BCUT2D eigenvalue weighted by atomic mass is 79.9. The summed E-state index contributed by atoms with van der Waals surface area (Å²) in [7, 11) is 0. The molecule has 0 saturated carbocycles. The first kappa shape index (κ1) is 23.4. The zero-order valence-electron chi connectivity index (χ0n) is 18.4. The van der Waals surface area contributed by atoms with E-state index in [1.165, 1.54) is 16.7 Å². The van der Waals surface area contributed by atoms with Crippen LogP contribution < -0.4 is 10.2 Å². The molecule has 7 nitrogen and oxygen atoms in total. The molecule has 178 valence electrons. The van der Waals surface area contributed by atoms with Crippen molar-refractivity contribution in [2.24, 2.45) is 0 Å². The molecule has 3 aromatic rings. The quantitative estimate of drug-likeness (QED) is 0.468. The van der Waals surface area contributed by atoms with E-state index in [-0.39, 0.29) is 18.3 Å². The number of ether oxygens (including phenoxy) is 1. The van der Waals surface area contributed by atoms with E-state index in [0.717, 1.165) is 31.6 Å². The van der Waals surface area contributed by atoms with Gasteiger partial charge in [-0.05, 0) is 40.5 Å². The fraction of sp³-hybridized carbons (Fsp3) is 0.192. The topological polar surface area (TPSA) is 95.9 Å². The molecule has 2 aliphatic rings. The molecule has 1 aliphatic heterocycles. The molecule has 0 bridgehead atoms. The zero-order chi connectivity index (χ0) is 24.5. The Bertz CT molecular complexity index is 1290. The number of benzene rings is 3. The molecule has 1 aliphatic carbocycles. The number of anilines is 1. The van der Waals surface area contributed by atoms with Crippen molar-refractivity contribution in [3.63, 3.8) is 0 Å². The minimum absolute atomic E-state index is 0.0996. The molecule has 0 unspecified atom stereocenters. The van der Waals surface area contributed by atoms with Gasteiger partial charge in [0.25, 0.3) is 5.91 Å². The van der Waals surface area contributed by atoms with Crippen molar-refractivity contribution in [1.82, 2.24) is 5.32 Å². The number of hydrogen-bond donors (Lipinski definition) is 2. The van der Waals surface area contributed by atoms with Gasteiger partial charge in [-0.1, -0.05) is 64.5 Å². The van der Waals surface area contributed by atoms with Crippen molar-refractivity contribution in [3.05, 3.63) is 82.3 Å². The number of halogens is 1. The zero-order valence-corrected chi connectivity index (χ0v) is 20.8.